The van der Waals surface area contributed by atoms with Crippen molar-refractivity contribution in [2.75, 3.05) is 13.1 Å². The third kappa shape index (κ3) is 2.48. The maximum atomic E-state index is 12.5. The Morgan fingerprint density at radius 2 is 1.65 bits per heavy atom. The van der Waals surface area contributed by atoms with Gasteiger partial charge in [0.15, 0.2) is 0 Å². The van der Waals surface area contributed by atoms with Gasteiger partial charge in [-0.15, -0.1) is 12.4 Å². The average molecular weight is 299 g/mol. The van der Waals surface area contributed by atoms with Gasteiger partial charge < -0.3 is 10.6 Å². The Morgan fingerprint density at radius 3 is 2.10 bits per heavy atom. The average Bonchev–Trinajstić information content (AvgIpc) is 2.73. The third-order valence-electron chi connectivity index (χ3n) is 6.27. The van der Waals surface area contributed by atoms with E-state index in [1.807, 2.05) is 4.90 Å². The van der Waals surface area contributed by atoms with Crippen molar-refractivity contribution in [3.05, 3.63) is 0 Å². The number of nitrogens with two attached hydrogens (primary N) is 1. The monoisotopic (exact) mass is 298 g/mol. The van der Waals surface area contributed by atoms with Crippen LogP contribution in [0.3, 0.4) is 0 Å². The lowest BCUT2D eigenvalue weighted by Gasteiger charge is -2.56. The maximum absolute atomic E-state index is 12.5. The van der Waals surface area contributed by atoms with E-state index in [-0.39, 0.29) is 18.4 Å². The topological polar surface area (TPSA) is 46.3 Å². The minimum absolute atomic E-state index is 0. The van der Waals surface area contributed by atoms with Gasteiger partial charge in [-0.1, -0.05) is 0 Å². The molecule has 1 aliphatic heterocycles. The Kier molecular flexibility index (Phi) is 3.79. The molecular formula is C16H27ClN2O. The van der Waals surface area contributed by atoms with E-state index < -0.39 is 0 Å². The van der Waals surface area contributed by atoms with E-state index in [2.05, 4.69) is 0 Å². The van der Waals surface area contributed by atoms with Crippen LogP contribution in [-0.4, -0.2) is 29.9 Å². The highest BCUT2D eigenvalue weighted by Crippen LogP contribution is 2.61. The molecule has 2 N–H and O–H groups in total. The van der Waals surface area contributed by atoms with Crippen LogP contribution in [0.4, 0.5) is 0 Å². The van der Waals surface area contributed by atoms with Crippen molar-refractivity contribution in [2.24, 2.45) is 28.9 Å². The lowest BCUT2D eigenvalue weighted by Crippen LogP contribution is -2.48. The smallest absolute Gasteiger partial charge is 0.223 e. The highest BCUT2D eigenvalue weighted by Gasteiger charge is 2.51. The molecule has 20 heavy (non-hydrogen) atoms. The predicted molar refractivity (Wildman–Crippen MR) is 81.6 cm³/mol. The summed E-state index contributed by atoms with van der Waals surface area (Å²) in [6, 6.07) is 0.223. The van der Waals surface area contributed by atoms with Crippen LogP contribution in [-0.2, 0) is 4.79 Å². The van der Waals surface area contributed by atoms with Crippen LogP contribution in [0.1, 0.15) is 51.4 Å². The summed E-state index contributed by atoms with van der Waals surface area (Å²) in [5.41, 5.74) is 6.32. The SMILES string of the molecule is Cl.N[C@@H]1CCN(C(=O)CC23CC4CC(CC(C4)C2)C3)C1. The summed E-state index contributed by atoms with van der Waals surface area (Å²) in [5, 5.41) is 0. The standard InChI is InChI=1S/C16H26N2O.ClH/c17-14-1-2-18(10-14)15(19)9-16-6-11-3-12(7-16)5-13(4-11)8-16;/h11-14H,1-10,17H2;1H/t11?,12?,13?,14-,16?;/m1./s1. The predicted octanol–water partition coefficient (Wildman–Crippen LogP) is 2.57. The first-order valence-corrected chi connectivity index (χ1v) is 8.15. The molecule has 0 aromatic carbocycles. The summed E-state index contributed by atoms with van der Waals surface area (Å²) in [6.45, 7) is 1.69. The van der Waals surface area contributed by atoms with Gasteiger partial charge in [0, 0.05) is 25.6 Å². The van der Waals surface area contributed by atoms with Gasteiger partial charge in [0.05, 0.1) is 0 Å². The van der Waals surface area contributed by atoms with Gasteiger partial charge in [0.1, 0.15) is 0 Å². The molecule has 5 rings (SSSR count). The fourth-order valence-corrected chi connectivity index (χ4v) is 5.95. The van der Waals surface area contributed by atoms with Crippen LogP contribution in [0.15, 0.2) is 0 Å². The lowest BCUT2D eigenvalue weighted by atomic mass is 9.49. The molecule has 1 atom stereocenters. The minimum Gasteiger partial charge on any atom is -0.341 e. The Bertz CT molecular complexity index is 363. The minimum atomic E-state index is 0. The Labute approximate surface area is 128 Å². The van der Waals surface area contributed by atoms with Gasteiger partial charge in [-0.25, -0.2) is 0 Å². The number of carbonyl (C=O) groups is 1. The van der Waals surface area contributed by atoms with Crippen molar-refractivity contribution in [1.29, 1.82) is 0 Å². The molecule has 3 nitrogen and oxygen atoms in total. The summed E-state index contributed by atoms with van der Waals surface area (Å²) in [4.78, 5) is 14.6. The number of rotatable bonds is 2. The van der Waals surface area contributed by atoms with Gasteiger partial charge in [-0.3, -0.25) is 4.79 Å². The quantitative estimate of drug-likeness (QED) is 0.852. The Hall–Kier alpha value is -0.280. The molecule has 0 spiro atoms. The number of carbonyl (C=O) groups excluding carboxylic acids is 1. The molecule has 1 amide bonds. The third-order valence-corrected chi connectivity index (χ3v) is 6.27. The van der Waals surface area contributed by atoms with Gasteiger partial charge in [0.2, 0.25) is 5.91 Å². The first kappa shape index (κ1) is 14.6. The molecule has 0 aromatic heterocycles. The van der Waals surface area contributed by atoms with E-state index >= 15 is 0 Å². The van der Waals surface area contributed by atoms with Crippen molar-refractivity contribution in [2.45, 2.75) is 57.4 Å². The molecule has 0 unspecified atom stereocenters. The molecule has 1 heterocycles. The summed E-state index contributed by atoms with van der Waals surface area (Å²) >= 11 is 0. The largest absolute Gasteiger partial charge is 0.341 e. The molecule has 5 fully saturated rings. The molecule has 4 bridgehead atoms. The molecule has 114 valence electrons. The van der Waals surface area contributed by atoms with Crippen LogP contribution in [0.2, 0.25) is 0 Å². The molecule has 0 aromatic rings. The molecule has 4 saturated carbocycles. The van der Waals surface area contributed by atoms with E-state index in [9.17, 15) is 4.79 Å². The normalized spacial score (nSPS) is 45.5. The van der Waals surface area contributed by atoms with Gasteiger partial charge >= 0.3 is 0 Å². The molecular weight excluding hydrogens is 272 g/mol. The van der Waals surface area contributed by atoms with Crippen LogP contribution in [0.5, 0.6) is 0 Å². The molecule has 1 saturated heterocycles. The number of hydrogen-bond donors (Lipinski definition) is 1. The highest BCUT2D eigenvalue weighted by atomic mass is 35.5. The van der Waals surface area contributed by atoms with Gasteiger partial charge in [-0.05, 0) is 68.1 Å². The van der Waals surface area contributed by atoms with Crippen LogP contribution in [0, 0.1) is 23.2 Å². The highest BCUT2D eigenvalue weighted by molar-refractivity contribution is 5.85. The summed E-state index contributed by atoms with van der Waals surface area (Å²) in [6.07, 6.45) is 10.2. The fraction of sp³-hybridized carbons (Fsp3) is 0.938. The molecule has 5 aliphatic rings. The van der Waals surface area contributed by atoms with Crippen molar-refractivity contribution in [1.82, 2.24) is 4.90 Å². The summed E-state index contributed by atoms with van der Waals surface area (Å²) < 4.78 is 0. The van der Waals surface area contributed by atoms with Crippen molar-refractivity contribution in [3.8, 4) is 0 Å². The van der Waals surface area contributed by atoms with E-state index in [0.29, 0.717) is 11.3 Å². The van der Waals surface area contributed by atoms with E-state index in [4.69, 9.17) is 5.73 Å². The lowest BCUT2D eigenvalue weighted by molar-refractivity contribution is -0.138. The summed E-state index contributed by atoms with van der Waals surface area (Å²) in [5.74, 6) is 3.23. The zero-order chi connectivity index (χ0) is 13.0. The zero-order valence-corrected chi connectivity index (χ0v) is 13.0. The first-order chi connectivity index (χ1) is 9.12. The maximum Gasteiger partial charge on any atom is 0.223 e. The fourth-order valence-electron chi connectivity index (χ4n) is 5.95. The van der Waals surface area contributed by atoms with E-state index in [0.717, 1.165) is 43.7 Å². The second kappa shape index (κ2) is 5.17. The van der Waals surface area contributed by atoms with Crippen molar-refractivity contribution < 1.29 is 4.79 Å². The van der Waals surface area contributed by atoms with E-state index in [1.54, 1.807) is 0 Å². The van der Waals surface area contributed by atoms with Crippen LogP contribution < -0.4 is 5.73 Å². The summed E-state index contributed by atoms with van der Waals surface area (Å²) in [7, 11) is 0. The number of likely N-dealkylation sites (tertiary alicyclic amines) is 1. The van der Waals surface area contributed by atoms with E-state index in [1.165, 1.54) is 38.5 Å². The number of halogens is 1. The number of hydrogen-bond acceptors (Lipinski definition) is 2. The molecule has 4 heteroatoms. The van der Waals surface area contributed by atoms with Gasteiger partial charge in [0.25, 0.3) is 0 Å². The van der Waals surface area contributed by atoms with Crippen LogP contribution in [0.25, 0.3) is 0 Å². The Morgan fingerprint density at radius 1 is 1.10 bits per heavy atom. The molecule has 0 radical (unpaired) electrons. The Balaban J connectivity index is 0.00000121. The number of amides is 1. The number of nitrogens with zero attached hydrogens (tertiary/aromatic N) is 1. The molecule has 4 aliphatic carbocycles. The zero-order valence-electron chi connectivity index (χ0n) is 12.2. The van der Waals surface area contributed by atoms with Crippen molar-refractivity contribution in [3.63, 3.8) is 0 Å². The second-order valence-corrected chi connectivity index (χ2v) is 7.98. The van der Waals surface area contributed by atoms with Crippen LogP contribution >= 0.6 is 12.4 Å². The second-order valence-electron chi connectivity index (χ2n) is 7.98. The van der Waals surface area contributed by atoms with Crippen molar-refractivity contribution >= 4 is 18.3 Å². The first-order valence-electron chi connectivity index (χ1n) is 8.15. The van der Waals surface area contributed by atoms with Gasteiger partial charge in [-0.2, -0.15) is 0 Å².